The fraction of sp³-hybridized carbons (Fsp3) is 0. The molecule has 56 valence electrons. The lowest BCUT2D eigenvalue weighted by Gasteiger charge is -1.84. The minimum Gasteiger partial charge on any atom is -0.411 e. The lowest BCUT2D eigenvalue weighted by molar-refractivity contribution is 0.321. The van der Waals surface area contributed by atoms with Gasteiger partial charge in [-0.25, -0.2) is 4.98 Å². The normalized spacial score (nSPS) is 11.6. The second-order valence-electron chi connectivity index (χ2n) is 2.01. The van der Waals surface area contributed by atoms with Crippen molar-refractivity contribution >= 4 is 22.4 Å². The summed E-state index contributed by atoms with van der Waals surface area (Å²) in [6.45, 7) is 0. The second kappa shape index (κ2) is 2.35. The van der Waals surface area contributed by atoms with Crippen molar-refractivity contribution in [3.05, 3.63) is 23.6 Å². The molecule has 0 fully saturated rings. The highest BCUT2D eigenvalue weighted by Gasteiger charge is 1.99. The largest absolute Gasteiger partial charge is 0.411 e. The molecule has 5 heteroatoms. The summed E-state index contributed by atoms with van der Waals surface area (Å²) in [6, 6.07) is 0. The molecule has 1 N–H and O–H groups in total. The molecule has 2 aromatic rings. The summed E-state index contributed by atoms with van der Waals surface area (Å²) >= 11 is 1.56. The highest BCUT2D eigenvalue weighted by atomic mass is 32.1. The monoisotopic (exact) mass is 167 g/mol. The van der Waals surface area contributed by atoms with E-state index in [4.69, 9.17) is 5.21 Å². The van der Waals surface area contributed by atoms with E-state index in [1.807, 2.05) is 9.78 Å². The van der Waals surface area contributed by atoms with Crippen LogP contribution in [0, 0.1) is 0 Å². The standard InChI is InChI=1S/C6H5N3OS/c10-8-1-5-3-11-6-2-7-4-9(5)6/h1-4,10H/b8-1-. The van der Waals surface area contributed by atoms with E-state index in [2.05, 4.69) is 10.1 Å². The molecule has 0 unspecified atom stereocenters. The topological polar surface area (TPSA) is 49.9 Å². The molecule has 0 atom stereocenters. The maximum absolute atomic E-state index is 8.28. The van der Waals surface area contributed by atoms with Crippen molar-refractivity contribution in [2.75, 3.05) is 0 Å². The number of hydrogen-bond donors (Lipinski definition) is 1. The van der Waals surface area contributed by atoms with E-state index in [1.54, 1.807) is 23.9 Å². The summed E-state index contributed by atoms with van der Waals surface area (Å²) < 4.78 is 1.85. The first-order valence-electron chi connectivity index (χ1n) is 2.99. The molecule has 0 bridgehead atoms. The average molecular weight is 167 g/mol. The molecule has 4 nitrogen and oxygen atoms in total. The molecule has 0 amide bonds. The van der Waals surface area contributed by atoms with Gasteiger partial charge in [-0.15, -0.1) is 11.3 Å². The predicted octanol–water partition coefficient (Wildman–Crippen LogP) is 1.20. The third kappa shape index (κ3) is 0.894. The molecule has 0 aliphatic rings. The van der Waals surface area contributed by atoms with Crippen molar-refractivity contribution < 1.29 is 5.21 Å². The zero-order valence-corrected chi connectivity index (χ0v) is 6.32. The van der Waals surface area contributed by atoms with Crippen LogP contribution < -0.4 is 0 Å². The number of rotatable bonds is 1. The summed E-state index contributed by atoms with van der Waals surface area (Å²) in [6.07, 6.45) is 4.83. The highest BCUT2D eigenvalue weighted by Crippen LogP contribution is 2.13. The Labute approximate surface area is 66.4 Å². The van der Waals surface area contributed by atoms with Crippen LogP contribution in [0.4, 0.5) is 0 Å². The molecule has 0 aliphatic heterocycles. The van der Waals surface area contributed by atoms with Gasteiger partial charge in [-0.3, -0.25) is 4.40 Å². The van der Waals surface area contributed by atoms with Crippen LogP contribution in [0.25, 0.3) is 4.83 Å². The van der Waals surface area contributed by atoms with Gasteiger partial charge in [-0.1, -0.05) is 5.16 Å². The van der Waals surface area contributed by atoms with E-state index < -0.39 is 0 Å². The quantitative estimate of drug-likeness (QED) is 0.394. The molecular weight excluding hydrogens is 162 g/mol. The Morgan fingerprint density at radius 3 is 3.45 bits per heavy atom. The number of thiazole rings is 1. The minimum atomic E-state index is 0.838. The van der Waals surface area contributed by atoms with Gasteiger partial charge in [0.2, 0.25) is 0 Å². The van der Waals surface area contributed by atoms with Gasteiger partial charge < -0.3 is 5.21 Å². The SMILES string of the molecule is O/N=C\c1csc2cncn12. The maximum atomic E-state index is 8.28. The van der Waals surface area contributed by atoms with Crippen molar-refractivity contribution in [2.45, 2.75) is 0 Å². The molecule has 2 aromatic heterocycles. The molecule has 0 saturated carbocycles. The number of aromatic nitrogens is 2. The number of nitrogens with zero attached hydrogens (tertiary/aromatic N) is 3. The lowest BCUT2D eigenvalue weighted by atomic mass is 10.5. The molecule has 0 aliphatic carbocycles. The van der Waals surface area contributed by atoms with Crippen LogP contribution in [0.3, 0.4) is 0 Å². The average Bonchev–Trinajstić information content (AvgIpc) is 2.53. The summed E-state index contributed by atoms with van der Waals surface area (Å²) in [5, 5.41) is 13.1. The molecule has 2 heterocycles. The third-order valence-electron chi connectivity index (χ3n) is 1.37. The Morgan fingerprint density at radius 2 is 2.64 bits per heavy atom. The van der Waals surface area contributed by atoms with E-state index in [9.17, 15) is 0 Å². The zero-order chi connectivity index (χ0) is 7.68. The molecule has 2 rings (SSSR count). The van der Waals surface area contributed by atoms with Gasteiger partial charge in [0, 0.05) is 5.38 Å². The van der Waals surface area contributed by atoms with Gasteiger partial charge in [0.1, 0.15) is 11.2 Å². The highest BCUT2D eigenvalue weighted by molar-refractivity contribution is 7.15. The maximum Gasteiger partial charge on any atom is 0.119 e. The van der Waals surface area contributed by atoms with Crippen LogP contribution in [0.2, 0.25) is 0 Å². The zero-order valence-electron chi connectivity index (χ0n) is 5.51. The van der Waals surface area contributed by atoms with Crippen molar-refractivity contribution in [1.82, 2.24) is 9.38 Å². The van der Waals surface area contributed by atoms with Gasteiger partial charge in [0.15, 0.2) is 0 Å². The van der Waals surface area contributed by atoms with Gasteiger partial charge in [-0.2, -0.15) is 0 Å². The van der Waals surface area contributed by atoms with Crippen molar-refractivity contribution in [3.63, 3.8) is 0 Å². The summed E-state index contributed by atoms with van der Waals surface area (Å²) in [7, 11) is 0. The van der Waals surface area contributed by atoms with E-state index in [0.29, 0.717) is 0 Å². The van der Waals surface area contributed by atoms with Gasteiger partial charge in [-0.05, 0) is 0 Å². The van der Waals surface area contributed by atoms with E-state index >= 15 is 0 Å². The van der Waals surface area contributed by atoms with Gasteiger partial charge in [0.05, 0.1) is 18.1 Å². The van der Waals surface area contributed by atoms with Crippen LogP contribution in [0.1, 0.15) is 5.69 Å². The van der Waals surface area contributed by atoms with Crippen molar-refractivity contribution in [3.8, 4) is 0 Å². The van der Waals surface area contributed by atoms with Crippen LogP contribution in [0.15, 0.2) is 23.1 Å². The first-order chi connectivity index (χ1) is 5.42. The van der Waals surface area contributed by atoms with E-state index in [0.717, 1.165) is 10.5 Å². The number of imidazole rings is 1. The number of fused-ring (bicyclic) bond motifs is 1. The molecule has 11 heavy (non-hydrogen) atoms. The summed E-state index contributed by atoms with van der Waals surface area (Å²) in [5.41, 5.74) is 0.838. The second-order valence-corrected chi connectivity index (χ2v) is 2.90. The van der Waals surface area contributed by atoms with Crippen molar-refractivity contribution in [1.29, 1.82) is 0 Å². The Balaban J connectivity index is 2.68. The third-order valence-corrected chi connectivity index (χ3v) is 2.28. The first-order valence-corrected chi connectivity index (χ1v) is 3.87. The fourth-order valence-corrected chi connectivity index (χ4v) is 1.70. The number of oxime groups is 1. The van der Waals surface area contributed by atoms with E-state index in [-0.39, 0.29) is 0 Å². The Morgan fingerprint density at radius 1 is 1.73 bits per heavy atom. The van der Waals surface area contributed by atoms with Crippen LogP contribution in [-0.2, 0) is 0 Å². The predicted molar refractivity (Wildman–Crippen MR) is 42.4 cm³/mol. The van der Waals surface area contributed by atoms with Gasteiger partial charge >= 0.3 is 0 Å². The fourth-order valence-electron chi connectivity index (χ4n) is 0.893. The molecule has 0 aromatic carbocycles. The summed E-state index contributed by atoms with van der Waals surface area (Å²) in [5.74, 6) is 0. The van der Waals surface area contributed by atoms with Crippen LogP contribution >= 0.6 is 11.3 Å². The molecule has 0 spiro atoms. The molecule has 0 radical (unpaired) electrons. The van der Waals surface area contributed by atoms with Crippen LogP contribution in [-0.4, -0.2) is 20.8 Å². The smallest absolute Gasteiger partial charge is 0.119 e. The summed E-state index contributed by atoms with van der Waals surface area (Å²) in [4.78, 5) is 4.98. The molecule has 0 saturated heterocycles. The minimum absolute atomic E-state index is 0.838. The van der Waals surface area contributed by atoms with Crippen molar-refractivity contribution in [2.24, 2.45) is 5.16 Å². The number of hydrogen-bond acceptors (Lipinski definition) is 4. The molecular formula is C6H5N3OS. The Bertz CT molecular complexity index is 389. The Hall–Kier alpha value is -1.36. The van der Waals surface area contributed by atoms with E-state index in [1.165, 1.54) is 6.21 Å². The first kappa shape index (κ1) is 6.36. The lowest BCUT2D eigenvalue weighted by Crippen LogP contribution is -1.85. The van der Waals surface area contributed by atoms with Crippen LogP contribution in [0.5, 0.6) is 0 Å². The van der Waals surface area contributed by atoms with Gasteiger partial charge in [0.25, 0.3) is 0 Å². The Kier molecular flexibility index (Phi) is 1.36.